The van der Waals surface area contributed by atoms with Gasteiger partial charge in [-0.1, -0.05) is 18.2 Å². The number of benzene rings is 1. The zero-order valence-electron chi connectivity index (χ0n) is 12.5. The Morgan fingerprint density at radius 3 is 2.76 bits per heavy atom. The van der Waals surface area contributed by atoms with E-state index in [2.05, 4.69) is 9.88 Å². The first-order valence-corrected chi connectivity index (χ1v) is 7.31. The van der Waals surface area contributed by atoms with E-state index in [9.17, 15) is 4.79 Å². The fourth-order valence-electron chi connectivity index (χ4n) is 2.92. The molecule has 0 atom stereocenters. The summed E-state index contributed by atoms with van der Waals surface area (Å²) in [6, 6.07) is 7.73. The minimum absolute atomic E-state index is 0.154. The molecule has 2 aromatic rings. The van der Waals surface area contributed by atoms with Crippen molar-refractivity contribution >= 4 is 16.6 Å². The van der Waals surface area contributed by atoms with Crippen LogP contribution in [-0.4, -0.2) is 47.5 Å². The molecule has 0 saturated carbocycles. The summed E-state index contributed by atoms with van der Waals surface area (Å²) in [5, 5.41) is 1.97. The van der Waals surface area contributed by atoms with Crippen LogP contribution in [0.2, 0.25) is 0 Å². The summed E-state index contributed by atoms with van der Waals surface area (Å²) in [7, 11) is 0. The largest absolute Gasteiger partial charge is 0.379 e. The van der Waals surface area contributed by atoms with Crippen molar-refractivity contribution in [2.24, 2.45) is 0 Å². The van der Waals surface area contributed by atoms with Crippen LogP contribution in [0, 0.1) is 0 Å². The minimum Gasteiger partial charge on any atom is -0.379 e. The first-order valence-electron chi connectivity index (χ1n) is 7.31. The predicted molar refractivity (Wildman–Crippen MR) is 82.5 cm³/mol. The lowest BCUT2D eigenvalue weighted by molar-refractivity contribution is -0.00423. The fraction of sp³-hybridized carbons (Fsp3) is 0.412. The van der Waals surface area contributed by atoms with E-state index in [1.807, 2.05) is 38.1 Å². The third-order valence-corrected chi connectivity index (χ3v) is 4.28. The van der Waals surface area contributed by atoms with Crippen LogP contribution in [0.25, 0.3) is 10.8 Å². The minimum atomic E-state index is -0.526. The van der Waals surface area contributed by atoms with Gasteiger partial charge in [0.15, 0.2) is 5.78 Å². The fourth-order valence-corrected chi connectivity index (χ4v) is 2.92. The van der Waals surface area contributed by atoms with E-state index in [0.717, 1.165) is 29.4 Å². The van der Waals surface area contributed by atoms with Crippen molar-refractivity contribution in [1.29, 1.82) is 0 Å². The first kappa shape index (κ1) is 14.2. The predicted octanol–water partition coefficient (Wildman–Crippen LogP) is 2.53. The van der Waals surface area contributed by atoms with Gasteiger partial charge in [-0.2, -0.15) is 0 Å². The van der Waals surface area contributed by atoms with E-state index < -0.39 is 5.54 Å². The zero-order valence-corrected chi connectivity index (χ0v) is 12.5. The third kappa shape index (κ3) is 2.57. The Labute approximate surface area is 124 Å². The number of Topliss-reactive ketones (excluding diaryl/α,β-unsaturated/α-hetero) is 1. The number of pyridine rings is 1. The SMILES string of the molecule is CC(C)(C(=O)c1cccc2cnccc12)N1CCOCC1. The average molecular weight is 284 g/mol. The maximum atomic E-state index is 13.1. The van der Waals surface area contributed by atoms with E-state index >= 15 is 0 Å². The molecular weight excluding hydrogens is 264 g/mol. The number of hydrogen-bond acceptors (Lipinski definition) is 4. The van der Waals surface area contributed by atoms with Crippen molar-refractivity contribution in [2.75, 3.05) is 26.3 Å². The Kier molecular flexibility index (Phi) is 3.74. The summed E-state index contributed by atoms with van der Waals surface area (Å²) >= 11 is 0. The van der Waals surface area contributed by atoms with Crippen LogP contribution >= 0.6 is 0 Å². The topological polar surface area (TPSA) is 42.4 Å². The molecule has 2 heterocycles. The van der Waals surface area contributed by atoms with Crippen LogP contribution in [0.3, 0.4) is 0 Å². The molecule has 0 aliphatic carbocycles. The molecule has 1 aliphatic heterocycles. The molecule has 1 fully saturated rings. The second-order valence-electron chi connectivity index (χ2n) is 5.89. The van der Waals surface area contributed by atoms with Gasteiger partial charge in [0.1, 0.15) is 0 Å². The lowest BCUT2D eigenvalue weighted by Gasteiger charge is -2.39. The molecule has 1 aliphatic rings. The smallest absolute Gasteiger partial charge is 0.183 e. The molecule has 0 bridgehead atoms. The summed E-state index contributed by atoms with van der Waals surface area (Å²) in [6.07, 6.45) is 3.54. The Balaban J connectivity index is 1.99. The molecule has 0 spiro atoms. The molecule has 1 saturated heterocycles. The number of fused-ring (bicyclic) bond motifs is 1. The van der Waals surface area contributed by atoms with Gasteiger partial charge in [0.25, 0.3) is 0 Å². The van der Waals surface area contributed by atoms with Gasteiger partial charge < -0.3 is 4.74 Å². The van der Waals surface area contributed by atoms with E-state index in [0.29, 0.717) is 13.2 Å². The van der Waals surface area contributed by atoms with Crippen LogP contribution in [0.5, 0.6) is 0 Å². The highest BCUT2D eigenvalue weighted by Crippen LogP contribution is 2.26. The first-order chi connectivity index (χ1) is 10.1. The standard InChI is InChI=1S/C17H20N2O2/c1-17(2,19-8-10-21-11-9-19)16(20)15-5-3-4-13-12-18-7-6-14(13)15/h3-7,12H,8-11H2,1-2H3. The van der Waals surface area contributed by atoms with Crippen molar-refractivity contribution in [3.8, 4) is 0 Å². The lowest BCUT2D eigenvalue weighted by atomic mass is 9.88. The molecule has 21 heavy (non-hydrogen) atoms. The molecule has 1 aromatic carbocycles. The van der Waals surface area contributed by atoms with Crippen molar-refractivity contribution in [1.82, 2.24) is 9.88 Å². The van der Waals surface area contributed by atoms with Crippen LogP contribution in [0.1, 0.15) is 24.2 Å². The molecule has 0 radical (unpaired) electrons. The monoisotopic (exact) mass is 284 g/mol. The van der Waals surface area contributed by atoms with Gasteiger partial charge in [0, 0.05) is 36.4 Å². The number of ether oxygens (including phenoxy) is 1. The number of carbonyl (C=O) groups is 1. The summed E-state index contributed by atoms with van der Waals surface area (Å²) in [6.45, 7) is 6.98. The zero-order chi connectivity index (χ0) is 14.9. The van der Waals surface area contributed by atoms with Crippen LogP contribution in [0.4, 0.5) is 0 Å². The van der Waals surface area contributed by atoms with E-state index in [1.165, 1.54) is 0 Å². The Morgan fingerprint density at radius 1 is 1.24 bits per heavy atom. The van der Waals surface area contributed by atoms with Crippen molar-refractivity contribution in [2.45, 2.75) is 19.4 Å². The van der Waals surface area contributed by atoms with Crippen molar-refractivity contribution < 1.29 is 9.53 Å². The molecule has 1 aromatic heterocycles. The van der Waals surface area contributed by atoms with Gasteiger partial charge in [-0.15, -0.1) is 0 Å². The highest BCUT2D eigenvalue weighted by molar-refractivity contribution is 6.11. The maximum Gasteiger partial charge on any atom is 0.183 e. The Morgan fingerprint density at radius 2 is 2.00 bits per heavy atom. The van der Waals surface area contributed by atoms with Gasteiger partial charge in [-0.05, 0) is 25.3 Å². The van der Waals surface area contributed by atoms with Crippen LogP contribution < -0.4 is 0 Å². The third-order valence-electron chi connectivity index (χ3n) is 4.28. The number of ketones is 1. The quantitative estimate of drug-likeness (QED) is 0.812. The molecule has 3 rings (SSSR count). The molecule has 4 heteroatoms. The van der Waals surface area contributed by atoms with E-state index in [4.69, 9.17) is 4.74 Å². The molecule has 0 amide bonds. The van der Waals surface area contributed by atoms with Crippen molar-refractivity contribution in [3.63, 3.8) is 0 Å². The van der Waals surface area contributed by atoms with E-state index in [-0.39, 0.29) is 5.78 Å². The number of carbonyl (C=O) groups excluding carboxylic acids is 1. The number of nitrogens with zero attached hydrogens (tertiary/aromatic N) is 2. The molecule has 0 N–H and O–H groups in total. The molecular formula is C17H20N2O2. The number of hydrogen-bond donors (Lipinski definition) is 0. The van der Waals surface area contributed by atoms with Gasteiger partial charge in [0.2, 0.25) is 0 Å². The van der Waals surface area contributed by atoms with Gasteiger partial charge in [0.05, 0.1) is 18.8 Å². The Bertz CT molecular complexity index is 655. The summed E-state index contributed by atoms with van der Waals surface area (Å²) in [4.78, 5) is 19.4. The number of aromatic nitrogens is 1. The summed E-state index contributed by atoms with van der Waals surface area (Å²) in [5.74, 6) is 0.154. The second kappa shape index (κ2) is 5.54. The molecule has 110 valence electrons. The van der Waals surface area contributed by atoms with Gasteiger partial charge in [-0.3, -0.25) is 14.7 Å². The molecule has 4 nitrogen and oxygen atoms in total. The summed E-state index contributed by atoms with van der Waals surface area (Å²) in [5.41, 5.74) is 0.243. The van der Waals surface area contributed by atoms with Gasteiger partial charge in [-0.25, -0.2) is 0 Å². The lowest BCUT2D eigenvalue weighted by Crippen LogP contribution is -2.54. The van der Waals surface area contributed by atoms with Crippen molar-refractivity contribution in [3.05, 3.63) is 42.2 Å². The number of morpholine rings is 1. The van der Waals surface area contributed by atoms with E-state index in [1.54, 1.807) is 12.4 Å². The maximum absolute atomic E-state index is 13.1. The Hall–Kier alpha value is -1.78. The highest BCUT2D eigenvalue weighted by atomic mass is 16.5. The number of rotatable bonds is 3. The van der Waals surface area contributed by atoms with Gasteiger partial charge >= 0.3 is 0 Å². The average Bonchev–Trinajstić information content (AvgIpc) is 2.54. The normalized spacial score (nSPS) is 17.0. The van der Waals surface area contributed by atoms with Crippen LogP contribution in [0.15, 0.2) is 36.7 Å². The summed E-state index contributed by atoms with van der Waals surface area (Å²) < 4.78 is 5.39. The van der Waals surface area contributed by atoms with Crippen LogP contribution in [-0.2, 0) is 4.74 Å². The highest BCUT2D eigenvalue weighted by Gasteiger charge is 2.36. The second-order valence-corrected chi connectivity index (χ2v) is 5.89. The molecule has 0 unspecified atom stereocenters.